The van der Waals surface area contributed by atoms with Gasteiger partial charge >= 0.3 is 0 Å². The van der Waals surface area contributed by atoms with Gasteiger partial charge in [-0.05, 0) is 12.1 Å². The predicted molar refractivity (Wildman–Crippen MR) is 108 cm³/mol. The van der Waals surface area contributed by atoms with E-state index in [1.54, 1.807) is 30.3 Å². The minimum atomic E-state index is -0.936. The molecule has 0 fully saturated rings. The van der Waals surface area contributed by atoms with Crippen molar-refractivity contribution >= 4 is 22.4 Å². The summed E-state index contributed by atoms with van der Waals surface area (Å²) in [5, 5.41) is 17.0. The summed E-state index contributed by atoms with van der Waals surface area (Å²) >= 11 is 6.18. The molecule has 0 saturated heterocycles. The number of benzene rings is 3. The van der Waals surface area contributed by atoms with Gasteiger partial charge in [-0.2, -0.15) is 5.10 Å². The van der Waals surface area contributed by atoms with Gasteiger partial charge in [0.05, 0.1) is 17.6 Å². The van der Waals surface area contributed by atoms with Crippen molar-refractivity contribution < 1.29 is 5.11 Å². The van der Waals surface area contributed by atoms with Gasteiger partial charge in [0.2, 0.25) is 0 Å². The highest BCUT2D eigenvalue weighted by molar-refractivity contribution is 6.31. The molecule has 134 valence electrons. The first-order valence-corrected chi connectivity index (χ1v) is 9.01. The number of hydrogen-bond acceptors (Lipinski definition) is 3. The molecular formula is C22H17ClN2O2. The van der Waals surface area contributed by atoms with E-state index in [1.165, 1.54) is 4.68 Å². The second-order valence-electron chi connectivity index (χ2n) is 6.28. The smallest absolute Gasteiger partial charge is 0.274 e. The Kier molecular flexibility index (Phi) is 4.75. The largest absolute Gasteiger partial charge is 0.386 e. The van der Waals surface area contributed by atoms with Gasteiger partial charge in [0.25, 0.3) is 5.56 Å². The summed E-state index contributed by atoms with van der Waals surface area (Å²) in [6, 6.07) is 24.1. The van der Waals surface area contributed by atoms with Crippen molar-refractivity contribution in [2.45, 2.75) is 12.6 Å². The molecule has 1 N–H and O–H groups in total. The molecule has 0 aliphatic heterocycles. The summed E-state index contributed by atoms with van der Waals surface area (Å²) < 4.78 is 1.32. The Morgan fingerprint density at radius 3 is 2.26 bits per heavy atom. The molecule has 1 heterocycles. The van der Waals surface area contributed by atoms with Crippen LogP contribution in [0.25, 0.3) is 22.0 Å². The molecule has 1 unspecified atom stereocenters. The molecule has 0 radical (unpaired) electrons. The van der Waals surface area contributed by atoms with Crippen LogP contribution in [-0.4, -0.2) is 14.9 Å². The van der Waals surface area contributed by atoms with E-state index in [2.05, 4.69) is 5.10 Å². The number of hydrogen-bond donors (Lipinski definition) is 1. The lowest BCUT2D eigenvalue weighted by Crippen LogP contribution is -2.26. The van der Waals surface area contributed by atoms with E-state index < -0.39 is 6.10 Å². The normalized spacial score (nSPS) is 12.2. The van der Waals surface area contributed by atoms with Crippen LogP contribution in [0.5, 0.6) is 0 Å². The van der Waals surface area contributed by atoms with Gasteiger partial charge in [0.1, 0.15) is 6.10 Å². The number of rotatable bonds is 4. The number of nitrogens with zero attached hydrogens (tertiary/aromatic N) is 2. The molecule has 0 bridgehead atoms. The van der Waals surface area contributed by atoms with Gasteiger partial charge in [-0.15, -0.1) is 0 Å². The maximum Gasteiger partial charge on any atom is 0.274 e. The summed E-state index contributed by atoms with van der Waals surface area (Å²) in [4.78, 5) is 12.9. The van der Waals surface area contributed by atoms with Crippen molar-refractivity contribution in [3.8, 4) is 11.3 Å². The van der Waals surface area contributed by atoms with Crippen LogP contribution >= 0.6 is 11.6 Å². The molecular weight excluding hydrogens is 360 g/mol. The van der Waals surface area contributed by atoms with Crippen LogP contribution in [0.2, 0.25) is 5.02 Å². The number of fused-ring (bicyclic) bond motifs is 1. The molecule has 1 atom stereocenters. The van der Waals surface area contributed by atoms with Crippen molar-refractivity contribution in [3.05, 3.63) is 99.8 Å². The Balaban J connectivity index is 1.85. The van der Waals surface area contributed by atoms with E-state index in [1.807, 2.05) is 48.5 Å². The molecule has 0 saturated carbocycles. The van der Waals surface area contributed by atoms with E-state index in [4.69, 9.17) is 11.6 Å². The average Bonchev–Trinajstić information content (AvgIpc) is 2.71. The zero-order chi connectivity index (χ0) is 18.8. The molecule has 0 aliphatic rings. The van der Waals surface area contributed by atoms with E-state index in [0.717, 1.165) is 10.9 Å². The molecule has 1 aromatic heterocycles. The fourth-order valence-corrected chi connectivity index (χ4v) is 3.44. The number of aliphatic hydroxyl groups is 1. The predicted octanol–water partition coefficient (Wildman–Crippen LogP) is 4.45. The van der Waals surface area contributed by atoms with Gasteiger partial charge in [0, 0.05) is 21.5 Å². The molecule has 4 rings (SSSR count). The molecule has 0 aliphatic carbocycles. The topological polar surface area (TPSA) is 55.1 Å². The maximum atomic E-state index is 12.9. The second kappa shape index (κ2) is 7.35. The second-order valence-corrected chi connectivity index (χ2v) is 6.69. The van der Waals surface area contributed by atoms with Crippen molar-refractivity contribution in [1.29, 1.82) is 0 Å². The molecule has 0 amide bonds. The Labute approximate surface area is 161 Å². The highest BCUT2D eigenvalue weighted by atomic mass is 35.5. The zero-order valence-corrected chi connectivity index (χ0v) is 15.2. The Morgan fingerprint density at radius 1 is 0.889 bits per heavy atom. The van der Waals surface area contributed by atoms with E-state index >= 15 is 0 Å². The van der Waals surface area contributed by atoms with Crippen molar-refractivity contribution in [3.63, 3.8) is 0 Å². The van der Waals surface area contributed by atoms with Crippen molar-refractivity contribution in [2.75, 3.05) is 0 Å². The molecule has 4 nitrogen and oxygen atoms in total. The summed E-state index contributed by atoms with van der Waals surface area (Å²) in [7, 11) is 0. The minimum Gasteiger partial charge on any atom is -0.386 e. The quantitative estimate of drug-likeness (QED) is 0.572. The molecule has 4 aromatic rings. The van der Waals surface area contributed by atoms with Crippen LogP contribution < -0.4 is 5.56 Å². The van der Waals surface area contributed by atoms with Crippen molar-refractivity contribution in [2.24, 2.45) is 0 Å². The standard InChI is InChI=1S/C22H17ClN2O2/c23-19-13-7-6-12-18(19)20(26)14-25-22(27)17-11-5-4-10-16(17)21(24-25)15-8-2-1-3-9-15/h1-13,20,26H,14H2. The lowest BCUT2D eigenvalue weighted by atomic mass is 10.0. The lowest BCUT2D eigenvalue weighted by Gasteiger charge is -2.16. The van der Waals surface area contributed by atoms with Crippen LogP contribution in [0.1, 0.15) is 11.7 Å². The minimum absolute atomic E-state index is 0.0211. The van der Waals surface area contributed by atoms with Gasteiger partial charge in [-0.3, -0.25) is 4.79 Å². The van der Waals surface area contributed by atoms with E-state index in [-0.39, 0.29) is 12.1 Å². The van der Waals surface area contributed by atoms with Crippen LogP contribution in [0, 0.1) is 0 Å². The van der Waals surface area contributed by atoms with Crippen LogP contribution in [-0.2, 0) is 6.54 Å². The van der Waals surface area contributed by atoms with Crippen LogP contribution in [0.15, 0.2) is 83.7 Å². The highest BCUT2D eigenvalue weighted by Gasteiger charge is 2.17. The number of aliphatic hydroxyl groups excluding tert-OH is 1. The summed E-state index contributed by atoms with van der Waals surface area (Å²) in [6.07, 6.45) is -0.936. The first-order valence-electron chi connectivity index (χ1n) is 8.63. The fourth-order valence-electron chi connectivity index (χ4n) is 3.18. The third-order valence-electron chi connectivity index (χ3n) is 4.53. The lowest BCUT2D eigenvalue weighted by molar-refractivity contribution is 0.150. The highest BCUT2D eigenvalue weighted by Crippen LogP contribution is 2.26. The van der Waals surface area contributed by atoms with E-state index in [9.17, 15) is 9.90 Å². The Morgan fingerprint density at radius 2 is 1.52 bits per heavy atom. The number of halogens is 1. The van der Waals surface area contributed by atoms with Gasteiger partial charge in [-0.1, -0.05) is 78.3 Å². The molecule has 5 heteroatoms. The SMILES string of the molecule is O=c1c2ccccc2c(-c2ccccc2)nn1CC(O)c1ccccc1Cl. The summed E-state index contributed by atoms with van der Waals surface area (Å²) in [5.74, 6) is 0. The zero-order valence-electron chi connectivity index (χ0n) is 14.4. The van der Waals surface area contributed by atoms with Crippen LogP contribution in [0.3, 0.4) is 0 Å². The molecule has 0 spiro atoms. The maximum absolute atomic E-state index is 12.9. The third kappa shape index (κ3) is 3.37. The van der Waals surface area contributed by atoms with Gasteiger partial charge in [0.15, 0.2) is 0 Å². The Hall–Kier alpha value is -2.95. The first kappa shape index (κ1) is 17.5. The number of aromatic nitrogens is 2. The summed E-state index contributed by atoms with van der Waals surface area (Å²) in [6.45, 7) is 0.0211. The average molecular weight is 377 g/mol. The fraction of sp³-hybridized carbons (Fsp3) is 0.0909. The first-order chi connectivity index (χ1) is 13.1. The monoisotopic (exact) mass is 376 g/mol. The molecule has 27 heavy (non-hydrogen) atoms. The Bertz CT molecular complexity index is 1160. The van der Waals surface area contributed by atoms with Gasteiger partial charge in [-0.25, -0.2) is 4.68 Å². The molecule has 3 aromatic carbocycles. The summed E-state index contributed by atoms with van der Waals surface area (Å²) in [5.41, 5.74) is 1.95. The van der Waals surface area contributed by atoms with Crippen molar-refractivity contribution in [1.82, 2.24) is 9.78 Å². The van der Waals surface area contributed by atoms with E-state index in [0.29, 0.717) is 21.7 Å². The van der Waals surface area contributed by atoms with Crippen LogP contribution in [0.4, 0.5) is 0 Å². The third-order valence-corrected chi connectivity index (χ3v) is 4.87. The van der Waals surface area contributed by atoms with Gasteiger partial charge < -0.3 is 5.11 Å².